The molecule has 2 atom stereocenters. The lowest BCUT2D eigenvalue weighted by Crippen LogP contribution is -2.59. The first-order valence-corrected chi connectivity index (χ1v) is 8.37. The van der Waals surface area contributed by atoms with E-state index in [-0.39, 0.29) is 12.0 Å². The molecule has 0 spiro atoms. The van der Waals surface area contributed by atoms with Crippen LogP contribution in [0.5, 0.6) is 0 Å². The first-order chi connectivity index (χ1) is 9.78. The normalized spacial score (nSPS) is 23.9. The molecule has 1 fully saturated rings. The fourth-order valence-electron chi connectivity index (χ4n) is 3.49. The van der Waals surface area contributed by atoms with Gasteiger partial charge in [-0.15, -0.1) is 0 Å². The SMILES string of the molecule is COC(=O)C(C)(CN1CCCC(C(C)C)CC1)NC(C)C. The van der Waals surface area contributed by atoms with Crippen molar-refractivity contribution in [1.29, 1.82) is 0 Å². The number of likely N-dealkylation sites (tertiary alicyclic amines) is 1. The lowest BCUT2D eigenvalue weighted by Gasteiger charge is -2.35. The molecule has 0 aliphatic carbocycles. The molecule has 1 rings (SSSR count). The van der Waals surface area contributed by atoms with E-state index in [1.807, 2.05) is 6.92 Å². The highest BCUT2D eigenvalue weighted by Gasteiger charge is 2.37. The van der Waals surface area contributed by atoms with Gasteiger partial charge in [0.25, 0.3) is 0 Å². The Morgan fingerprint density at radius 3 is 2.48 bits per heavy atom. The quantitative estimate of drug-likeness (QED) is 0.766. The Morgan fingerprint density at radius 1 is 1.29 bits per heavy atom. The van der Waals surface area contributed by atoms with Gasteiger partial charge in [-0.05, 0) is 65.0 Å². The van der Waals surface area contributed by atoms with Crippen LogP contribution < -0.4 is 5.32 Å². The van der Waals surface area contributed by atoms with Gasteiger partial charge in [-0.2, -0.15) is 0 Å². The van der Waals surface area contributed by atoms with Crippen molar-refractivity contribution in [1.82, 2.24) is 10.2 Å². The summed E-state index contributed by atoms with van der Waals surface area (Å²) in [6, 6.07) is 0.254. The van der Waals surface area contributed by atoms with Crippen molar-refractivity contribution in [3.05, 3.63) is 0 Å². The van der Waals surface area contributed by atoms with E-state index in [0.717, 1.165) is 31.5 Å². The van der Waals surface area contributed by atoms with Crippen LogP contribution in [-0.4, -0.2) is 49.2 Å². The van der Waals surface area contributed by atoms with Crippen molar-refractivity contribution < 1.29 is 9.53 Å². The molecular formula is C17H34N2O2. The smallest absolute Gasteiger partial charge is 0.327 e. The van der Waals surface area contributed by atoms with Crippen molar-refractivity contribution in [2.75, 3.05) is 26.7 Å². The minimum Gasteiger partial charge on any atom is -0.468 e. The molecule has 0 aromatic carbocycles. The first-order valence-electron chi connectivity index (χ1n) is 8.37. The average Bonchev–Trinajstić information content (AvgIpc) is 2.62. The number of rotatable bonds is 6. The van der Waals surface area contributed by atoms with Crippen LogP contribution >= 0.6 is 0 Å². The Balaban J connectivity index is 2.68. The summed E-state index contributed by atoms with van der Waals surface area (Å²) < 4.78 is 5.02. The summed E-state index contributed by atoms with van der Waals surface area (Å²) in [5.41, 5.74) is -0.624. The van der Waals surface area contributed by atoms with Gasteiger partial charge in [0.05, 0.1) is 7.11 Å². The molecule has 1 heterocycles. The van der Waals surface area contributed by atoms with Crippen LogP contribution in [0.2, 0.25) is 0 Å². The monoisotopic (exact) mass is 298 g/mol. The van der Waals surface area contributed by atoms with Crippen LogP contribution in [0.4, 0.5) is 0 Å². The lowest BCUT2D eigenvalue weighted by molar-refractivity contribution is -0.149. The van der Waals surface area contributed by atoms with Crippen molar-refractivity contribution in [3.8, 4) is 0 Å². The average molecular weight is 298 g/mol. The summed E-state index contributed by atoms with van der Waals surface area (Å²) in [5.74, 6) is 1.41. The van der Waals surface area contributed by atoms with Gasteiger partial charge in [0, 0.05) is 12.6 Å². The molecule has 0 bridgehead atoms. The third kappa shape index (κ3) is 5.59. The van der Waals surface area contributed by atoms with Crippen molar-refractivity contribution >= 4 is 5.97 Å². The second-order valence-corrected chi connectivity index (χ2v) is 7.33. The Kier molecular flexibility index (Phi) is 7.14. The third-order valence-electron chi connectivity index (χ3n) is 4.59. The Morgan fingerprint density at radius 2 is 1.95 bits per heavy atom. The number of nitrogens with zero attached hydrogens (tertiary/aromatic N) is 1. The van der Waals surface area contributed by atoms with Gasteiger partial charge in [0.2, 0.25) is 0 Å². The summed E-state index contributed by atoms with van der Waals surface area (Å²) in [4.78, 5) is 14.6. The van der Waals surface area contributed by atoms with Gasteiger partial charge in [-0.3, -0.25) is 10.1 Å². The molecule has 1 aliphatic heterocycles. The van der Waals surface area contributed by atoms with E-state index in [1.54, 1.807) is 0 Å². The fraction of sp³-hybridized carbons (Fsp3) is 0.941. The van der Waals surface area contributed by atoms with Crippen LogP contribution in [0, 0.1) is 11.8 Å². The number of ether oxygens (including phenoxy) is 1. The number of hydrogen-bond acceptors (Lipinski definition) is 4. The minimum absolute atomic E-state index is 0.166. The molecule has 21 heavy (non-hydrogen) atoms. The van der Waals surface area contributed by atoms with E-state index >= 15 is 0 Å². The summed E-state index contributed by atoms with van der Waals surface area (Å²) in [6.07, 6.45) is 3.76. The molecule has 1 aliphatic rings. The van der Waals surface area contributed by atoms with Gasteiger partial charge >= 0.3 is 5.97 Å². The summed E-state index contributed by atoms with van der Waals surface area (Å²) in [7, 11) is 1.47. The van der Waals surface area contributed by atoms with Crippen LogP contribution in [0.15, 0.2) is 0 Å². The zero-order valence-electron chi connectivity index (χ0n) is 14.7. The maximum atomic E-state index is 12.2. The van der Waals surface area contributed by atoms with E-state index in [2.05, 4.69) is 37.9 Å². The van der Waals surface area contributed by atoms with E-state index in [9.17, 15) is 4.79 Å². The van der Waals surface area contributed by atoms with Gasteiger partial charge < -0.3 is 9.64 Å². The number of methoxy groups -OCH3 is 1. The third-order valence-corrected chi connectivity index (χ3v) is 4.59. The van der Waals surface area contributed by atoms with Crippen LogP contribution in [0.1, 0.15) is 53.9 Å². The summed E-state index contributed by atoms with van der Waals surface area (Å²) in [6.45, 7) is 13.6. The molecular weight excluding hydrogens is 264 g/mol. The standard InChI is InChI=1S/C17H34N2O2/c1-13(2)15-8-7-10-19(11-9-15)12-17(5,16(20)21-6)18-14(3)4/h13-15,18H,7-12H2,1-6H3. The Bertz CT molecular complexity index is 331. The number of carbonyl (C=O) groups excluding carboxylic acids is 1. The molecule has 2 unspecified atom stereocenters. The highest BCUT2D eigenvalue weighted by atomic mass is 16.5. The second-order valence-electron chi connectivity index (χ2n) is 7.33. The van der Waals surface area contributed by atoms with E-state index < -0.39 is 5.54 Å². The number of esters is 1. The minimum atomic E-state index is -0.624. The molecule has 4 nitrogen and oxygen atoms in total. The highest BCUT2D eigenvalue weighted by molar-refractivity contribution is 5.80. The maximum absolute atomic E-state index is 12.2. The molecule has 0 saturated carbocycles. The van der Waals surface area contributed by atoms with E-state index in [1.165, 1.54) is 26.4 Å². The van der Waals surface area contributed by atoms with Crippen molar-refractivity contribution in [2.24, 2.45) is 11.8 Å². The van der Waals surface area contributed by atoms with Gasteiger partial charge in [0.15, 0.2) is 0 Å². The molecule has 4 heteroatoms. The highest BCUT2D eigenvalue weighted by Crippen LogP contribution is 2.25. The summed E-state index contributed by atoms with van der Waals surface area (Å²) in [5, 5.41) is 3.39. The Hall–Kier alpha value is -0.610. The molecule has 1 saturated heterocycles. The molecule has 1 N–H and O–H groups in total. The molecule has 0 amide bonds. The Labute approximate surface area is 130 Å². The zero-order valence-corrected chi connectivity index (χ0v) is 14.7. The molecule has 0 radical (unpaired) electrons. The molecule has 0 aromatic rings. The van der Waals surface area contributed by atoms with Gasteiger partial charge in [0.1, 0.15) is 5.54 Å². The van der Waals surface area contributed by atoms with E-state index in [4.69, 9.17) is 4.74 Å². The largest absolute Gasteiger partial charge is 0.468 e. The number of nitrogens with one attached hydrogen (secondary N) is 1. The predicted octanol–water partition coefficient (Wildman–Crippen LogP) is 2.67. The van der Waals surface area contributed by atoms with Crippen molar-refractivity contribution in [3.63, 3.8) is 0 Å². The van der Waals surface area contributed by atoms with Crippen LogP contribution in [0.25, 0.3) is 0 Å². The number of carbonyl (C=O) groups is 1. The molecule has 0 aromatic heterocycles. The second kappa shape index (κ2) is 8.14. The fourth-order valence-corrected chi connectivity index (χ4v) is 3.49. The van der Waals surface area contributed by atoms with E-state index in [0.29, 0.717) is 0 Å². The first kappa shape index (κ1) is 18.4. The van der Waals surface area contributed by atoms with Gasteiger partial charge in [-0.1, -0.05) is 13.8 Å². The zero-order chi connectivity index (χ0) is 16.0. The maximum Gasteiger partial charge on any atom is 0.327 e. The lowest BCUT2D eigenvalue weighted by atomic mass is 9.89. The van der Waals surface area contributed by atoms with Gasteiger partial charge in [-0.25, -0.2) is 0 Å². The predicted molar refractivity (Wildman–Crippen MR) is 87.3 cm³/mol. The van der Waals surface area contributed by atoms with Crippen LogP contribution in [0.3, 0.4) is 0 Å². The van der Waals surface area contributed by atoms with Crippen molar-refractivity contribution in [2.45, 2.75) is 65.5 Å². The molecule has 124 valence electrons. The van der Waals surface area contributed by atoms with Crippen LogP contribution in [-0.2, 0) is 9.53 Å². The summed E-state index contributed by atoms with van der Waals surface area (Å²) >= 11 is 0. The topological polar surface area (TPSA) is 41.6 Å². The number of hydrogen-bond donors (Lipinski definition) is 1.